The number of rotatable bonds is 3. The summed E-state index contributed by atoms with van der Waals surface area (Å²) < 4.78 is 31.0. The first kappa shape index (κ1) is 14.2. The molecule has 28 heavy (non-hydrogen) atoms. The molecule has 1 aromatic rings. The Bertz CT molecular complexity index is 1030. The van der Waals surface area contributed by atoms with Crippen LogP contribution >= 0.6 is 0 Å². The highest BCUT2D eigenvalue weighted by Crippen LogP contribution is 2.70. The number of quaternary nitrogens is 1. The maximum atomic E-state index is 12.3. The van der Waals surface area contributed by atoms with Crippen molar-refractivity contribution in [1.29, 1.82) is 0 Å². The van der Waals surface area contributed by atoms with Crippen LogP contribution < -0.4 is 4.74 Å². The molecule has 1 saturated heterocycles. The van der Waals surface area contributed by atoms with Gasteiger partial charge in [-0.25, -0.2) is 4.79 Å². The third-order valence-corrected chi connectivity index (χ3v) is 8.22. The predicted molar refractivity (Wildman–Crippen MR) is 97.1 cm³/mol. The van der Waals surface area contributed by atoms with E-state index in [1.54, 1.807) is 6.07 Å². The van der Waals surface area contributed by atoms with Gasteiger partial charge in [0.05, 0.1) is 29.6 Å². The van der Waals surface area contributed by atoms with Gasteiger partial charge in [-0.05, 0) is 24.5 Å². The number of carboxylic acids is 1. The van der Waals surface area contributed by atoms with Crippen molar-refractivity contribution in [3.63, 3.8) is 0 Å². The summed E-state index contributed by atoms with van der Waals surface area (Å²) in [7, 11) is 0. The molecule has 7 nitrogen and oxygen atoms in total. The summed E-state index contributed by atoms with van der Waals surface area (Å²) in [6, 6.07) is 2.36. The van der Waals surface area contributed by atoms with Crippen LogP contribution in [0.4, 0.5) is 0 Å². The van der Waals surface area contributed by atoms with E-state index < -0.39 is 48.1 Å². The molecular formula is C21H26NO6+. The van der Waals surface area contributed by atoms with E-state index in [4.69, 9.17) is 8.85 Å². The molecule has 5 aliphatic rings. The number of ether oxygens (including phenoxy) is 1. The van der Waals surface area contributed by atoms with Gasteiger partial charge in [0.25, 0.3) is 0 Å². The summed E-state index contributed by atoms with van der Waals surface area (Å²) in [6.45, 7) is -1.78. The van der Waals surface area contributed by atoms with E-state index >= 15 is 0 Å². The fourth-order valence-electron chi connectivity index (χ4n) is 6.90. The number of phenolic OH excluding ortho intramolecular Hbond substituents is 1. The molecule has 7 heteroatoms. The lowest BCUT2D eigenvalue weighted by atomic mass is 9.55. The Morgan fingerprint density at radius 3 is 2.86 bits per heavy atom. The molecule has 2 bridgehead atoms. The molecule has 6 rings (SSSR count). The lowest BCUT2D eigenvalue weighted by molar-refractivity contribution is -0.950. The van der Waals surface area contributed by atoms with Gasteiger partial charge in [0, 0.05) is 30.7 Å². The average molecular weight is 391 g/mol. The third kappa shape index (κ3) is 1.63. The van der Waals surface area contributed by atoms with Crippen LogP contribution in [0, 0.1) is 5.92 Å². The fourth-order valence-corrected chi connectivity index (χ4v) is 6.90. The maximum Gasteiger partial charge on any atom is 0.339 e. The van der Waals surface area contributed by atoms with Crippen molar-refractivity contribution in [2.75, 3.05) is 20.1 Å². The van der Waals surface area contributed by atoms with Gasteiger partial charge in [-0.15, -0.1) is 0 Å². The summed E-state index contributed by atoms with van der Waals surface area (Å²) in [5.41, 5.74) is -4.17. The molecule has 2 aliphatic heterocycles. The van der Waals surface area contributed by atoms with Crippen LogP contribution in [0.2, 0.25) is 0 Å². The van der Waals surface area contributed by atoms with Crippen LogP contribution in [0.5, 0.6) is 11.5 Å². The van der Waals surface area contributed by atoms with Crippen LogP contribution in [0.3, 0.4) is 0 Å². The second-order valence-corrected chi connectivity index (χ2v) is 9.60. The third-order valence-electron chi connectivity index (χ3n) is 8.22. The normalized spacial score (nSPS) is 49.6. The summed E-state index contributed by atoms with van der Waals surface area (Å²) in [6.07, 6.45) is 0.483. The zero-order chi connectivity index (χ0) is 22.2. The smallest absolute Gasteiger partial charge is 0.339 e. The number of aliphatic hydroxyl groups is 2. The van der Waals surface area contributed by atoms with E-state index in [2.05, 4.69) is 0 Å². The number of carboxylic acid groups (broad SMARTS) is 1. The lowest BCUT2D eigenvalue weighted by Crippen LogP contribution is -2.76. The second-order valence-electron chi connectivity index (χ2n) is 9.60. The Labute approximate surface area is 167 Å². The van der Waals surface area contributed by atoms with Crippen molar-refractivity contribution in [3.8, 4) is 11.5 Å². The lowest BCUT2D eigenvalue weighted by Gasteiger charge is -2.60. The van der Waals surface area contributed by atoms with E-state index in [1.165, 1.54) is 6.07 Å². The first-order valence-corrected chi connectivity index (χ1v) is 9.98. The molecule has 4 N–H and O–H groups in total. The number of piperidine rings is 1. The monoisotopic (exact) mass is 391 g/mol. The maximum absolute atomic E-state index is 12.3. The summed E-state index contributed by atoms with van der Waals surface area (Å²) in [4.78, 5) is 12.2. The van der Waals surface area contributed by atoms with Crippen molar-refractivity contribution in [2.24, 2.45) is 5.92 Å². The molecular weight excluding hydrogens is 362 g/mol. The number of carbonyl (C=O) groups is 1. The number of hydrogen-bond donors (Lipinski definition) is 4. The number of benzene rings is 1. The predicted octanol–water partition coefficient (Wildman–Crippen LogP) is 0.526. The Kier molecular flexibility index (Phi) is 2.36. The van der Waals surface area contributed by atoms with E-state index in [-0.39, 0.29) is 41.3 Å². The van der Waals surface area contributed by atoms with Crippen LogP contribution in [0.1, 0.15) is 40.9 Å². The number of likely N-dealkylation sites (N-methyl/N-ethyl adjacent to an activating group) is 1. The Hall–Kier alpha value is -1.83. The first-order valence-electron chi connectivity index (χ1n) is 11.5. The zero-order valence-corrected chi connectivity index (χ0v) is 15.4. The summed E-state index contributed by atoms with van der Waals surface area (Å²) >= 11 is 0. The quantitative estimate of drug-likeness (QED) is 0.560. The topological polar surface area (TPSA) is 107 Å². The first-order chi connectivity index (χ1) is 14.4. The van der Waals surface area contributed by atoms with Gasteiger partial charge in [0.2, 0.25) is 5.60 Å². The Morgan fingerprint density at radius 2 is 2.18 bits per heavy atom. The van der Waals surface area contributed by atoms with Crippen molar-refractivity contribution < 1.29 is 38.6 Å². The molecule has 0 unspecified atom stereocenters. The van der Waals surface area contributed by atoms with Gasteiger partial charge in [0.15, 0.2) is 17.6 Å². The largest absolute Gasteiger partial charge is 0.504 e. The van der Waals surface area contributed by atoms with Gasteiger partial charge in [0.1, 0.15) is 11.6 Å². The molecule has 3 aliphatic carbocycles. The number of aliphatic carboxylic acids is 1. The molecule has 0 aromatic heterocycles. The Morgan fingerprint density at radius 1 is 1.39 bits per heavy atom. The van der Waals surface area contributed by atoms with Gasteiger partial charge < -0.3 is 29.6 Å². The molecule has 0 radical (unpaired) electrons. The minimum Gasteiger partial charge on any atom is -0.504 e. The SMILES string of the molecule is [2H]C([2H])([2H])[N@+]1(CC2CC2)CC[C@]23c4c5ccc(O)c4O[C@H]2[C@](O)(C(=O)O)C[C@@]3(O)[C@H]1C5. The summed E-state index contributed by atoms with van der Waals surface area (Å²) in [5.74, 6) is -1.31. The minimum absolute atomic E-state index is 0.106. The number of aromatic hydroxyl groups is 1. The minimum atomic E-state index is -2.40. The molecule has 150 valence electrons. The van der Waals surface area contributed by atoms with Crippen molar-refractivity contribution in [1.82, 2.24) is 0 Å². The average Bonchev–Trinajstić information content (AvgIpc) is 3.34. The number of phenols is 1. The van der Waals surface area contributed by atoms with Gasteiger partial charge in [-0.3, -0.25) is 0 Å². The van der Waals surface area contributed by atoms with E-state index in [0.717, 1.165) is 18.4 Å². The Balaban J connectivity index is 1.64. The van der Waals surface area contributed by atoms with Crippen LogP contribution in [-0.2, 0) is 16.6 Å². The summed E-state index contributed by atoms with van der Waals surface area (Å²) in [5, 5.41) is 44.0. The molecule has 2 heterocycles. The highest BCUT2D eigenvalue weighted by Gasteiger charge is 2.84. The van der Waals surface area contributed by atoms with Crippen molar-refractivity contribution >= 4 is 5.97 Å². The zero-order valence-electron chi connectivity index (χ0n) is 18.4. The molecule has 1 aromatic carbocycles. The van der Waals surface area contributed by atoms with Crippen LogP contribution in [-0.4, -0.2) is 74.3 Å². The molecule has 3 fully saturated rings. The highest BCUT2D eigenvalue weighted by molar-refractivity contribution is 5.82. The second kappa shape index (κ2) is 4.66. The molecule has 2 saturated carbocycles. The highest BCUT2D eigenvalue weighted by atomic mass is 16.5. The van der Waals surface area contributed by atoms with Gasteiger partial charge in [-0.2, -0.15) is 0 Å². The van der Waals surface area contributed by atoms with Gasteiger partial charge in [-0.1, -0.05) is 6.07 Å². The molecule has 1 spiro atoms. The van der Waals surface area contributed by atoms with Crippen LogP contribution in [0.15, 0.2) is 12.1 Å². The van der Waals surface area contributed by atoms with Crippen molar-refractivity contribution in [3.05, 3.63) is 23.3 Å². The van der Waals surface area contributed by atoms with E-state index in [9.17, 15) is 25.2 Å². The molecule has 0 amide bonds. The van der Waals surface area contributed by atoms with Crippen LogP contribution in [0.25, 0.3) is 0 Å². The van der Waals surface area contributed by atoms with E-state index in [1.807, 2.05) is 0 Å². The number of hydrogen-bond acceptors (Lipinski definition) is 5. The van der Waals surface area contributed by atoms with E-state index in [0.29, 0.717) is 12.1 Å². The standard InChI is InChI=1S/C21H25NO6/c1-22(9-11-2-3-11)7-6-19-15-12-4-5-13(23)16(15)28-17(19)20(26,18(24)25)10-21(19,27)14(22)8-12/h4-5,11,14,17,26-27H,2-3,6-10H2,1H3,(H-,23,24,25)/p+1/t14-,17-,19+,20+,21-,22-/m1/s1/i1D3. The number of likely N-dealkylation sites (tertiary alicyclic amines) is 1. The van der Waals surface area contributed by atoms with Crippen molar-refractivity contribution in [2.45, 2.75) is 60.9 Å². The van der Waals surface area contributed by atoms with Gasteiger partial charge >= 0.3 is 5.97 Å². The fraction of sp³-hybridized carbons (Fsp3) is 0.667. The number of nitrogens with zero attached hydrogens (tertiary/aromatic N) is 1. The molecule has 6 atom stereocenters.